The first-order valence-corrected chi connectivity index (χ1v) is 9.47. The molecule has 0 spiro atoms. The van der Waals surface area contributed by atoms with E-state index in [-0.39, 0.29) is 11.3 Å². The Kier molecular flexibility index (Phi) is 4.92. The molecule has 2 aliphatic rings. The number of rotatable bonds is 3. The normalized spacial score (nSPS) is 25.1. The molecule has 1 aliphatic carbocycles. The maximum absolute atomic E-state index is 12.2. The number of allylic oxidation sites excluding steroid dienone is 2. The molecular weight excluding hydrogens is 342 g/mol. The molecule has 0 saturated carbocycles. The highest BCUT2D eigenvalue weighted by Gasteiger charge is 2.30. The summed E-state index contributed by atoms with van der Waals surface area (Å²) in [5, 5.41) is 5.84. The summed E-state index contributed by atoms with van der Waals surface area (Å²) in [5.74, 6) is 1.07. The number of nitrogens with one attached hydrogen (secondary N) is 1. The molecule has 1 fully saturated rings. The SMILES string of the molecule is C[C@H]1CC(N/N=C2/SCC(=O)N2c2ccc(Cl)cc2)=CC(C)(C)C1. The van der Waals surface area contributed by atoms with Gasteiger partial charge in [-0.2, -0.15) is 0 Å². The van der Waals surface area contributed by atoms with Gasteiger partial charge in [-0.25, -0.2) is 0 Å². The minimum absolute atomic E-state index is 0.0363. The van der Waals surface area contributed by atoms with Crippen molar-refractivity contribution >= 4 is 40.1 Å². The van der Waals surface area contributed by atoms with E-state index in [1.807, 2.05) is 12.1 Å². The van der Waals surface area contributed by atoms with Gasteiger partial charge in [-0.15, -0.1) is 5.10 Å². The Balaban J connectivity index is 1.80. The molecule has 0 unspecified atom stereocenters. The van der Waals surface area contributed by atoms with E-state index >= 15 is 0 Å². The predicted molar refractivity (Wildman–Crippen MR) is 102 cm³/mol. The lowest BCUT2D eigenvalue weighted by Gasteiger charge is -2.31. The van der Waals surface area contributed by atoms with Gasteiger partial charge in [0.25, 0.3) is 0 Å². The highest BCUT2D eigenvalue weighted by Crippen LogP contribution is 2.36. The summed E-state index contributed by atoms with van der Waals surface area (Å²) in [4.78, 5) is 13.9. The van der Waals surface area contributed by atoms with Crippen LogP contribution in [0.2, 0.25) is 5.02 Å². The monoisotopic (exact) mass is 363 g/mol. The van der Waals surface area contributed by atoms with Gasteiger partial charge in [0.2, 0.25) is 5.91 Å². The van der Waals surface area contributed by atoms with Crippen LogP contribution in [-0.4, -0.2) is 16.8 Å². The molecule has 6 heteroatoms. The first-order valence-electron chi connectivity index (χ1n) is 8.11. The topological polar surface area (TPSA) is 44.7 Å². The first kappa shape index (κ1) is 17.4. The standard InChI is InChI=1S/C18H22ClN3OS/c1-12-8-14(10-18(2,3)9-12)20-21-17-22(16(23)11-24-17)15-6-4-13(19)5-7-15/h4-7,10,12,20H,8-9,11H2,1-3H3/b21-17+/t12-/m0/s1. The van der Waals surface area contributed by atoms with Gasteiger partial charge in [-0.3, -0.25) is 15.1 Å². The van der Waals surface area contributed by atoms with E-state index in [1.54, 1.807) is 17.0 Å². The van der Waals surface area contributed by atoms with E-state index in [1.165, 1.54) is 18.2 Å². The molecule has 1 heterocycles. The summed E-state index contributed by atoms with van der Waals surface area (Å²) >= 11 is 7.39. The fourth-order valence-electron chi connectivity index (χ4n) is 3.42. The zero-order chi connectivity index (χ0) is 17.3. The van der Waals surface area contributed by atoms with E-state index in [2.05, 4.69) is 37.4 Å². The fourth-order valence-corrected chi connectivity index (χ4v) is 4.38. The molecule has 1 N–H and O–H groups in total. The molecule has 1 aromatic carbocycles. The van der Waals surface area contributed by atoms with E-state index in [0.717, 1.165) is 17.8 Å². The van der Waals surface area contributed by atoms with Crippen LogP contribution in [0.1, 0.15) is 33.6 Å². The lowest BCUT2D eigenvalue weighted by molar-refractivity contribution is -0.115. The molecule has 1 amide bonds. The number of hydrogen-bond donors (Lipinski definition) is 1. The summed E-state index contributed by atoms with van der Waals surface area (Å²) in [5.41, 5.74) is 5.28. The van der Waals surface area contributed by atoms with Crippen molar-refractivity contribution < 1.29 is 4.79 Å². The average Bonchev–Trinajstić information content (AvgIpc) is 2.85. The second-order valence-corrected chi connectivity index (χ2v) is 8.55. The molecule has 0 radical (unpaired) electrons. The number of carbonyl (C=O) groups is 1. The van der Waals surface area contributed by atoms with Gasteiger partial charge in [0.1, 0.15) is 0 Å². The summed E-state index contributed by atoms with van der Waals surface area (Å²) in [6, 6.07) is 7.25. The molecule has 1 aliphatic heterocycles. The number of anilines is 1. The molecule has 128 valence electrons. The van der Waals surface area contributed by atoms with Crippen LogP contribution in [0.25, 0.3) is 0 Å². The van der Waals surface area contributed by atoms with Gasteiger partial charge in [0.15, 0.2) is 5.17 Å². The Morgan fingerprint density at radius 2 is 2.04 bits per heavy atom. The zero-order valence-corrected chi connectivity index (χ0v) is 15.7. The maximum Gasteiger partial charge on any atom is 0.243 e. The zero-order valence-electron chi connectivity index (χ0n) is 14.2. The van der Waals surface area contributed by atoms with Crippen LogP contribution in [0.5, 0.6) is 0 Å². The number of benzene rings is 1. The molecule has 3 rings (SSSR count). The predicted octanol–water partition coefficient (Wildman–Crippen LogP) is 4.62. The van der Waals surface area contributed by atoms with Crippen molar-refractivity contribution in [2.75, 3.05) is 10.7 Å². The summed E-state index contributed by atoms with van der Waals surface area (Å²) in [7, 11) is 0. The van der Waals surface area contributed by atoms with Gasteiger partial charge >= 0.3 is 0 Å². The number of thioether (sulfide) groups is 1. The molecule has 1 atom stereocenters. The number of carbonyl (C=O) groups excluding carboxylic acids is 1. The minimum atomic E-state index is 0.0363. The Bertz CT molecular complexity index is 697. The van der Waals surface area contributed by atoms with Crippen molar-refractivity contribution in [3.63, 3.8) is 0 Å². The van der Waals surface area contributed by atoms with Crippen LogP contribution in [-0.2, 0) is 4.79 Å². The minimum Gasteiger partial charge on any atom is -0.280 e. The third kappa shape index (κ3) is 3.95. The lowest BCUT2D eigenvalue weighted by Crippen LogP contribution is -2.31. The summed E-state index contributed by atoms with van der Waals surface area (Å²) in [6.45, 7) is 6.74. The van der Waals surface area contributed by atoms with Crippen molar-refractivity contribution in [2.24, 2.45) is 16.4 Å². The largest absolute Gasteiger partial charge is 0.280 e. The smallest absolute Gasteiger partial charge is 0.243 e. The fraction of sp³-hybridized carbons (Fsp3) is 0.444. The quantitative estimate of drug-likeness (QED) is 0.797. The first-order chi connectivity index (χ1) is 11.3. The molecule has 1 saturated heterocycles. The third-order valence-electron chi connectivity index (χ3n) is 4.15. The van der Waals surface area contributed by atoms with Crippen molar-refractivity contribution in [3.8, 4) is 0 Å². The van der Waals surface area contributed by atoms with Crippen LogP contribution < -0.4 is 10.3 Å². The van der Waals surface area contributed by atoms with Crippen LogP contribution in [0.4, 0.5) is 5.69 Å². The number of amidine groups is 1. The van der Waals surface area contributed by atoms with Gasteiger partial charge in [-0.1, -0.05) is 50.2 Å². The number of amides is 1. The number of nitrogens with zero attached hydrogens (tertiary/aromatic N) is 2. The van der Waals surface area contributed by atoms with Crippen LogP contribution >= 0.6 is 23.4 Å². The molecule has 0 bridgehead atoms. The van der Waals surface area contributed by atoms with Gasteiger partial charge in [0.05, 0.1) is 11.4 Å². The summed E-state index contributed by atoms with van der Waals surface area (Å²) in [6.07, 6.45) is 4.42. The van der Waals surface area contributed by atoms with E-state index in [9.17, 15) is 4.79 Å². The molecular formula is C18H22ClN3OS. The van der Waals surface area contributed by atoms with E-state index < -0.39 is 0 Å². The molecule has 0 aromatic heterocycles. The second-order valence-electron chi connectivity index (χ2n) is 7.17. The van der Waals surface area contributed by atoms with Gasteiger partial charge < -0.3 is 0 Å². The Morgan fingerprint density at radius 3 is 2.71 bits per heavy atom. The van der Waals surface area contributed by atoms with Crippen molar-refractivity contribution in [1.82, 2.24) is 5.43 Å². The second kappa shape index (κ2) is 6.81. The van der Waals surface area contributed by atoms with Crippen molar-refractivity contribution in [3.05, 3.63) is 41.1 Å². The molecule has 1 aromatic rings. The Labute approximate surface area is 152 Å². The van der Waals surface area contributed by atoms with E-state index in [0.29, 0.717) is 21.9 Å². The average molecular weight is 364 g/mol. The Morgan fingerprint density at radius 1 is 1.33 bits per heavy atom. The maximum atomic E-state index is 12.2. The van der Waals surface area contributed by atoms with Crippen LogP contribution in [0.3, 0.4) is 0 Å². The number of hydrazone groups is 1. The highest BCUT2D eigenvalue weighted by molar-refractivity contribution is 8.15. The van der Waals surface area contributed by atoms with Crippen molar-refractivity contribution in [1.29, 1.82) is 0 Å². The van der Waals surface area contributed by atoms with Gasteiger partial charge in [0, 0.05) is 10.7 Å². The van der Waals surface area contributed by atoms with Crippen LogP contribution in [0.15, 0.2) is 41.1 Å². The Hall–Kier alpha value is -1.46. The number of hydrogen-bond acceptors (Lipinski definition) is 4. The van der Waals surface area contributed by atoms with E-state index in [4.69, 9.17) is 11.6 Å². The molecule has 24 heavy (non-hydrogen) atoms. The number of halogens is 1. The highest BCUT2D eigenvalue weighted by atomic mass is 35.5. The third-order valence-corrected chi connectivity index (χ3v) is 5.33. The lowest BCUT2D eigenvalue weighted by atomic mass is 9.76. The molecule has 4 nitrogen and oxygen atoms in total. The summed E-state index contributed by atoms with van der Waals surface area (Å²) < 4.78 is 0. The van der Waals surface area contributed by atoms with Crippen molar-refractivity contribution in [2.45, 2.75) is 33.6 Å². The van der Waals surface area contributed by atoms with Crippen LogP contribution in [0, 0.1) is 11.3 Å². The van der Waals surface area contributed by atoms with Gasteiger partial charge in [-0.05, 0) is 48.4 Å².